The Morgan fingerprint density at radius 2 is 1.88 bits per heavy atom. The van der Waals surface area contributed by atoms with Gasteiger partial charge < -0.3 is 9.40 Å². The lowest BCUT2D eigenvalue weighted by molar-refractivity contribution is 0.304. The van der Waals surface area contributed by atoms with Crippen LogP contribution in [0.1, 0.15) is 64.2 Å². The standard InChI is InChI=1S/C24H28N6O3S/c1-24(2,3)23-29-28-22(33-23)15-6-8-17(9-7-15)30-34(31,32)18-10-11-19-20(13-18)27-21(26-19)16-5-4-12-25-14-16/h4-5,10-15,17,30H,6-9H2,1-3H3,(H,26,27). The monoisotopic (exact) mass is 480 g/mol. The minimum Gasteiger partial charge on any atom is -0.424 e. The number of H-pyrrole nitrogens is 1. The van der Waals surface area contributed by atoms with Gasteiger partial charge in [-0.2, -0.15) is 0 Å². The summed E-state index contributed by atoms with van der Waals surface area (Å²) in [6.07, 6.45) is 6.44. The van der Waals surface area contributed by atoms with E-state index in [0.29, 0.717) is 41.5 Å². The van der Waals surface area contributed by atoms with Crippen LogP contribution in [0, 0.1) is 0 Å². The molecule has 0 saturated heterocycles. The van der Waals surface area contributed by atoms with E-state index in [1.807, 2.05) is 32.9 Å². The Bertz CT molecular complexity index is 1400. The molecule has 0 atom stereocenters. The summed E-state index contributed by atoms with van der Waals surface area (Å²) in [5.41, 5.74) is 2.02. The SMILES string of the molecule is CC(C)(C)c1nnc(C2CCC(NS(=O)(=O)c3ccc4nc(-c5cccnc5)[nH]c4c3)CC2)o1. The zero-order valence-electron chi connectivity index (χ0n) is 19.4. The number of sulfonamides is 1. The number of benzene rings is 1. The molecule has 178 valence electrons. The number of imidazole rings is 1. The average molecular weight is 481 g/mol. The van der Waals surface area contributed by atoms with E-state index >= 15 is 0 Å². The number of aromatic nitrogens is 5. The van der Waals surface area contributed by atoms with E-state index in [-0.39, 0.29) is 22.3 Å². The summed E-state index contributed by atoms with van der Waals surface area (Å²) in [6, 6.07) is 8.55. The Morgan fingerprint density at radius 3 is 2.56 bits per heavy atom. The number of aromatic amines is 1. The van der Waals surface area contributed by atoms with Crippen LogP contribution in [0.15, 0.2) is 52.0 Å². The average Bonchev–Trinajstić information content (AvgIpc) is 3.47. The molecule has 0 aliphatic heterocycles. The van der Waals surface area contributed by atoms with Gasteiger partial charge >= 0.3 is 0 Å². The number of nitrogens with zero attached hydrogens (tertiary/aromatic N) is 4. The van der Waals surface area contributed by atoms with Crippen LogP contribution < -0.4 is 4.72 Å². The fraction of sp³-hybridized carbons (Fsp3) is 0.417. The predicted octanol–water partition coefficient (Wildman–Crippen LogP) is 4.31. The number of rotatable bonds is 5. The molecule has 0 unspecified atom stereocenters. The molecule has 4 aromatic rings. The van der Waals surface area contributed by atoms with Gasteiger partial charge in [-0.3, -0.25) is 4.98 Å². The Balaban J connectivity index is 1.26. The summed E-state index contributed by atoms with van der Waals surface area (Å²) >= 11 is 0. The van der Waals surface area contributed by atoms with E-state index in [1.54, 1.807) is 30.6 Å². The maximum Gasteiger partial charge on any atom is 0.240 e. The normalized spacial score (nSPS) is 19.5. The van der Waals surface area contributed by atoms with Crippen LogP contribution in [-0.4, -0.2) is 39.6 Å². The summed E-state index contributed by atoms with van der Waals surface area (Å²) in [6.45, 7) is 6.11. The number of fused-ring (bicyclic) bond motifs is 1. The van der Waals surface area contributed by atoms with E-state index in [0.717, 1.165) is 18.4 Å². The van der Waals surface area contributed by atoms with E-state index in [1.165, 1.54) is 0 Å². The summed E-state index contributed by atoms with van der Waals surface area (Å²) in [5, 5.41) is 8.42. The molecule has 10 heteroatoms. The third-order valence-corrected chi connectivity index (χ3v) is 7.70. The van der Waals surface area contributed by atoms with Crippen molar-refractivity contribution in [3.05, 3.63) is 54.5 Å². The van der Waals surface area contributed by atoms with Crippen LogP contribution in [0.5, 0.6) is 0 Å². The van der Waals surface area contributed by atoms with Gasteiger partial charge in [-0.25, -0.2) is 18.1 Å². The van der Waals surface area contributed by atoms with E-state index in [9.17, 15) is 8.42 Å². The van der Waals surface area contributed by atoms with Crippen molar-refractivity contribution < 1.29 is 12.8 Å². The first-order valence-corrected chi connectivity index (χ1v) is 12.9. The third-order valence-electron chi connectivity index (χ3n) is 6.18. The molecule has 3 heterocycles. The molecular weight excluding hydrogens is 452 g/mol. The smallest absolute Gasteiger partial charge is 0.240 e. The van der Waals surface area contributed by atoms with Crippen molar-refractivity contribution in [3.63, 3.8) is 0 Å². The molecule has 2 N–H and O–H groups in total. The van der Waals surface area contributed by atoms with Gasteiger partial charge in [0.2, 0.25) is 21.8 Å². The van der Waals surface area contributed by atoms with Crippen molar-refractivity contribution in [2.45, 2.75) is 68.7 Å². The largest absolute Gasteiger partial charge is 0.424 e. The molecule has 0 amide bonds. The molecule has 5 rings (SSSR count). The fourth-order valence-corrected chi connectivity index (χ4v) is 5.57. The van der Waals surface area contributed by atoms with Crippen LogP contribution in [-0.2, 0) is 15.4 Å². The predicted molar refractivity (Wildman–Crippen MR) is 128 cm³/mol. The number of pyridine rings is 1. The Labute approximate surface area is 198 Å². The summed E-state index contributed by atoms with van der Waals surface area (Å²) in [7, 11) is -3.67. The summed E-state index contributed by atoms with van der Waals surface area (Å²) < 4.78 is 35.0. The number of hydrogen-bond donors (Lipinski definition) is 2. The van der Waals surface area contributed by atoms with Crippen molar-refractivity contribution in [1.29, 1.82) is 0 Å². The van der Waals surface area contributed by atoms with Crippen LogP contribution >= 0.6 is 0 Å². The summed E-state index contributed by atoms with van der Waals surface area (Å²) in [4.78, 5) is 12.1. The van der Waals surface area contributed by atoms with Gasteiger partial charge in [0, 0.05) is 35.3 Å². The quantitative estimate of drug-likeness (QED) is 0.436. The van der Waals surface area contributed by atoms with Crippen LogP contribution in [0.25, 0.3) is 22.4 Å². The van der Waals surface area contributed by atoms with Gasteiger partial charge in [0.05, 0.1) is 15.9 Å². The lowest BCUT2D eigenvalue weighted by Gasteiger charge is -2.27. The fourth-order valence-electron chi connectivity index (χ4n) is 4.24. The third kappa shape index (κ3) is 4.60. The molecule has 1 aliphatic carbocycles. The molecule has 9 nitrogen and oxygen atoms in total. The van der Waals surface area contributed by atoms with E-state index < -0.39 is 10.0 Å². The summed E-state index contributed by atoms with van der Waals surface area (Å²) in [5.74, 6) is 2.10. The number of nitrogens with one attached hydrogen (secondary N) is 2. The van der Waals surface area contributed by atoms with Gasteiger partial charge in [-0.1, -0.05) is 20.8 Å². The van der Waals surface area contributed by atoms with Gasteiger partial charge in [0.15, 0.2) is 0 Å². The molecule has 1 fully saturated rings. The van der Waals surface area contributed by atoms with Crippen LogP contribution in [0.4, 0.5) is 0 Å². The van der Waals surface area contributed by atoms with Crippen molar-refractivity contribution in [2.75, 3.05) is 0 Å². The van der Waals surface area contributed by atoms with E-state index in [2.05, 4.69) is 29.9 Å². The zero-order chi connectivity index (χ0) is 23.9. The second kappa shape index (κ2) is 8.59. The highest BCUT2D eigenvalue weighted by Gasteiger charge is 2.30. The topological polar surface area (TPSA) is 127 Å². The molecule has 1 aliphatic rings. The van der Waals surface area contributed by atoms with Gasteiger partial charge in [0.25, 0.3) is 0 Å². The molecule has 0 radical (unpaired) electrons. The van der Waals surface area contributed by atoms with Crippen LogP contribution in [0.2, 0.25) is 0 Å². The maximum absolute atomic E-state index is 13.1. The second-order valence-corrected chi connectivity index (χ2v) is 11.6. The van der Waals surface area contributed by atoms with Gasteiger partial charge in [-0.15, -0.1) is 10.2 Å². The highest BCUT2D eigenvalue weighted by atomic mass is 32.2. The number of hydrogen-bond acceptors (Lipinski definition) is 7. The molecule has 0 bridgehead atoms. The second-order valence-electron chi connectivity index (χ2n) is 9.87. The Kier molecular flexibility index (Phi) is 5.73. The van der Waals surface area contributed by atoms with Crippen molar-refractivity contribution in [3.8, 4) is 11.4 Å². The van der Waals surface area contributed by atoms with Crippen molar-refractivity contribution in [2.24, 2.45) is 0 Å². The molecule has 1 aromatic carbocycles. The minimum absolute atomic E-state index is 0.130. The lowest BCUT2D eigenvalue weighted by atomic mass is 9.86. The minimum atomic E-state index is -3.67. The van der Waals surface area contributed by atoms with Crippen molar-refractivity contribution >= 4 is 21.1 Å². The highest BCUT2D eigenvalue weighted by molar-refractivity contribution is 7.89. The molecule has 0 spiro atoms. The van der Waals surface area contributed by atoms with Gasteiger partial charge in [-0.05, 0) is 56.0 Å². The highest BCUT2D eigenvalue weighted by Crippen LogP contribution is 2.34. The maximum atomic E-state index is 13.1. The first-order valence-electron chi connectivity index (χ1n) is 11.5. The molecule has 34 heavy (non-hydrogen) atoms. The van der Waals surface area contributed by atoms with Gasteiger partial charge in [0.1, 0.15) is 5.82 Å². The van der Waals surface area contributed by atoms with E-state index in [4.69, 9.17) is 4.42 Å². The first-order chi connectivity index (χ1) is 16.2. The Morgan fingerprint density at radius 1 is 1.09 bits per heavy atom. The molecular formula is C24H28N6O3S. The molecule has 3 aromatic heterocycles. The zero-order valence-corrected chi connectivity index (χ0v) is 20.3. The molecule has 1 saturated carbocycles. The lowest BCUT2D eigenvalue weighted by Crippen LogP contribution is -2.37. The first kappa shape index (κ1) is 22.7. The van der Waals surface area contributed by atoms with Crippen LogP contribution in [0.3, 0.4) is 0 Å². The Hall–Kier alpha value is -3.11. The van der Waals surface area contributed by atoms with Crippen molar-refractivity contribution in [1.82, 2.24) is 29.9 Å².